The molecule has 1 aliphatic rings. The molecule has 8 heteroatoms. The average molecular weight is 324 g/mol. The fourth-order valence-corrected chi connectivity index (χ4v) is 4.54. The molecule has 2 aromatic heterocycles. The number of hydrogen-bond acceptors (Lipinski definition) is 6. The van der Waals surface area contributed by atoms with Crippen molar-refractivity contribution in [2.45, 2.75) is 37.2 Å². The van der Waals surface area contributed by atoms with Crippen LogP contribution in [-0.2, 0) is 16.6 Å². The quantitative estimate of drug-likeness (QED) is 0.848. The van der Waals surface area contributed by atoms with Gasteiger partial charge in [0.2, 0.25) is 0 Å². The molecule has 6 nitrogen and oxygen atoms in total. The second kappa shape index (κ2) is 5.70. The Morgan fingerprint density at radius 1 is 1.43 bits per heavy atom. The Hall–Kier alpha value is -1.51. The lowest BCUT2D eigenvalue weighted by Crippen LogP contribution is -2.15. The van der Waals surface area contributed by atoms with Crippen LogP contribution in [0.2, 0.25) is 0 Å². The maximum atomic E-state index is 12.4. The number of hydrogen-bond donors (Lipinski definition) is 2. The van der Waals surface area contributed by atoms with E-state index in [4.69, 9.17) is 0 Å². The van der Waals surface area contributed by atoms with Crippen molar-refractivity contribution in [3.63, 3.8) is 0 Å². The lowest BCUT2D eigenvalue weighted by molar-refractivity contribution is 0.600. The summed E-state index contributed by atoms with van der Waals surface area (Å²) < 4.78 is 27.2. The second-order valence-electron chi connectivity index (χ2n) is 5.00. The summed E-state index contributed by atoms with van der Waals surface area (Å²) in [5.41, 5.74) is 0. The van der Waals surface area contributed by atoms with Gasteiger partial charge < -0.3 is 5.32 Å². The summed E-state index contributed by atoms with van der Waals surface area (Å²) in [5, 5.41) is 10.8. The molecule has 21 heavy (non-hydrogen) atoms. The van der Waals surface area contributed by atoms with Crippen molar-refractivity contribution in [3.05, 3.63) is 34.2 Å². The van der Waals surface area contributed by atoms with Gasteiger partial charge in [-0.05, 0) is 38.0 Å². The molecule has 0 saturated heterocycles. The third-order valence-corrected chi connectivity index (χ3v) is 5.83. The fourth-order valence-electron chi connectivity index (χ4n) is 1.96. The minimum absolute atomic E-state index is 0.223. The number of sulfonamides is 1. The molecule has 0 spiro atoms. The Bertz CT molecular complexity index is 724. The summed E-state index contributed by atoms with van der Waals surface area (Å²) in [6.07, 6.45) is 3.92. The van der Waals surface area contributed by atoms with Gasteiger partial charge >= 0.3 is 0 Å². The SMILES string of the molecule is Cc1sc(CNC2CC2)cc1S(=O)(=O)Nc1cccnn1. The van der Waals surface area contributed by atoms with Crippen LogP contribution in [0.4, 0.5) is 5.82 Å². The Kier molecular flexibility index (Phi) is 3.92. The zero-order chi connectivity index (χ0) is 14.9. The summed E-state index contributed by atoms with van der Waals surface area (Å²) in [6.45, 7) is 2.54. The van der Waals surface area contributed by atoms with Crippen molar-refractivity contribution in [3.8, 4) is 0 Å². The van der Waals surface area contributed by atoms with E-state index in [9.17, 15) is 8.42 Å². The summed E-state index contributed by atoms with van der Waals surface area (Å²) in [6, 6.07) is 5.54. The smallest absolute Gasteiger partial charge is 0.264 e. The summed E-state index contributed by atoms with van der Waals surface area (Å²) >= 11 is 1.50. The lowest BCUT2D eigenvalue weighted by Gasteiger charge is -2.05. The normalized spacial score (nSPS) is 15.1. The predicted octanol–water partition coefficient (Wildman–Crippen LogP) is 1.90. The minimum Gasteiger partial charge on any atom is -0.309 e. The molecular formula is C13H16N4O2S2. The number of thiophene rings is 1. The van der Waals surface area contributed by atoms with E-state index in [2.05, 4.69) is 20.2 Å². The molecule has 0 aromatic carbocycles. The molecule has 2 N–H and O–H groups in total. The maximum absolute atomic E-state index is 12.4. The zero-order valence-corrected chi connectivity index (χ0v) is 13.2. The molecule has 2 aromatic rings. The van der Waals surface area contributed by atoms with E-state index < -0.39 is 10.0 Å². The van der Waals surface area contributed by atoms with Gasteiger partial charge in [-0.3, -0.25) is 4.72 Å². The van der Waals surface area contributed by atoms with Crippen LogP contribution in [0.5, 0.6) is 0 Å². The number of aryl methyl sites for hydroxylation is 1. The van der Waals surface area contributed by atoms with Gasteiger partial charge in [-0.2, -0.15) is 5.10 Å². The van der Waals surface area contributed by atoms with Crippen LogP contribution in [-0.4, -0.2) is 24.7 Å². The topological polar surface area (TPSA) is 84.0 Å². The van der Waals surface area contributed by atoms with Gasteiger partial charge in [0.25, 0.3) is 10.0 Å². The van der Waals surface area contributed by atoms with E-state index in [0.717, 1.165) is 16.3 Å². The average Bonchev–Trinajstić information content (AvgIpc) is 3.19. The minimum atomic E-state index is -3.62. The van der Waals surface area contributed by atoms with Gasteiger partial charge in [0.1, 0.15) is 4.90 Å². The van der Waals surface area contributed by atoms with Crippen molar-refractivity contribution < 1.29 is 8.42 Å². The number of anilines is 1. The van der Waals surface area contributed by atoms with Gasteiger partial charge in [0.05, 0.1) is 0 Å². The molecule has 1 fully saturated rings. The van der Waals surface area contributed by atoms with Gasteiger partial charge in [-0.1, -0.05) is 0 Å². The number of aromatic nitrogens is 2. The standard InChI is InChI=1S/C13H16N4O2S2/c1-9-12(7-11(20-9)8-14-10-4-5-10)21(18,19)17-13-3-2-6-15-16-13/h2-3,6-7,10,14H,4-5,8H2,1H3,(H,16,17). The van der Waals surface area contributed by atoms with E-state index in [0.29, 0.717) is 10.9 Å². The Balaban J connectivity index is 1.77. The van der Waals surface area contributed by atoms with E-state index >= 15 is 0 Å². The largest absolute Gasteiger partial charge is 0.309 e. The molecule has 0 unspecified atom stereocenters. The van der Waals surface area contributed by atoms with Crippen LogP contribution < -0.4 is 10.0 Å². The molecular weight excluding hydrogens is 308 g/mol. The highest BCUT2D eigenvalue weighted by molar-refractivity contribution is 7.93. The molecule has 0 radical (unpaired) electrons. The highest BCUT2D eigenvalue weighted by atomic mass is 32.2. The summed E-state index contributed by atoms with van der Waals surface area (Å²) in [5.74, 6) is 0.223. The van der Waals surface area contributed by atoms with Crippen molar-refractivity contribution >= 4 is 27.2 Å². The van der Waals surface area contributed by atoms with Crippen LogP contribution in [0.1, 0.15) is 22.6 Å². The molecule has 0 bridgehead atoms. The molecule has 0 aliphatic heterocycles. The first-order chi connectivity index (χ1) is 10.0. The Morgan fingerprint density at radius 3 is 2.90 bits per heavy atom. The summed E-state index contributed by atoms with van der Waals surface area (Å²) in [7, 11) is -3.62. The third kappa shape index (κ3) is 3.58. The molecule has 1 aliphatic carbocycles. The van der Waals surface area contributed by atoms with Gasteiger partial charge in [-0.25, -0.2) is 8.42 Å². The van der Waals surface area contributed by atoms with Crippen molar-refractivity contribution in [2.75, 3.05) is 4.72 Å². The molecule has 2 heterocycles. The first-order valence-corrected chi connectivity index (χ1v) is 8.98. The monoisotopic (exact) mass is 324 g/mol. The van der Waals surface area contributed by atoms with Crippen LogP contribution in [0.25, 0.3) is 0 Å². The third-order valence-electron chi connectivity index (χ3n) is 3.17. The fraction of sp³-hybridized carbons (Fsp3) is 0.385. The summed E-state index contributed by atoms with van der Waals surface area (Å²) in [4.78, 5) is 2.11. The lowest BCUT2D eigenvalue weighted by atomic mass is 10.4. The van der Waals surface area contributed by atoms with Crippen LogP contribution in [0.3, 0.4) is 0 Å². The highest BCUT2D eigenvalue weighted by Gasteiger charge is 2.23. The highest BCUT2D eigenvalue weighted by Crippen LogP contribution is 2.28. The van der Waals surface area contributed by atoms with Gasteiger partial charge in [0.15, 0.2) is 5.82 Å². The number of nitrogens with one attached hydrogen (secondary N) is 2. The molecule has 112 valence electrons. The maximum Gasteiger partial charge on any atom is 0.264 e. The first-order valence-electron chi connectivity index (χ1n) is 6.68. The first kappa shape index (κ1) is 14.4. The van der Waals surface area contributed by atoms with E-state index in [1.54, 1.807) is 18.2 Å². The van der Waals surface area contributed by atoms with Crippen molar-refractivity contribution in [1.29, 1.82) is 0 Å². The number of nitrogens with zero attached hydrogens (tertiary/aromatic N) is 2. The number of rotatable bonds is 6. The van der Waals surface area contributed by atoms with Crippen LogP contribution in [0, 0.1) is 6.92 Å². The second-order valence-corrected chi connectivity index (χ2v) is 7.99. The predicted molar refractivity (Wildman–Crippen MR) is 81.8 cm³/mol. The van der Waals surface area contributed by atoms with E-state index in [1.165, 1.54) is 30.4 Å². The van der Waals surface area contributed by atoms with Crippen LogP contribution >= 0.6 is 11.3 Å². The molecule has 3 rings (SSSR count). The Labute approximate surface area is 127 Å². The Morgan fingerprint density at radius 2 is 2.24 bits per heavy atom. The molecule has 0 amide bonds. The van der Waals surface area contributed by atoms with E-state index in [1.807, 2.05) is 6.92 Å². The zero-order valence-electron chi connectivity index (χ0n) is 11.5. The van der Waals surface area contributed by atoms with Crippen molar-refractivity contribution in [2.24, 2.45) is 0 Å². The van der Waals surface area contributed by atoms with Gasteiger partial charge in [-0.15, -0.1) is 16.4 Å². The molecule has 0 atom stereocenters. The van der Waals surface area contributed by atoms with E-state index in [-0.39, 0.29) is 5.82 Å². The van der Waals surface area contributed by atoms with Gasteiger partial charge in [0, 0.05) is 28.5 Å². The van der Waals surface area contributed by atoms with Crippen LogP contribution in [0.15, 0.2) is 29.3 Å². The molecule has 1 saturated carbocycles. The van der Waals surface area contributed by atoms with Crippen molar-refractivity contribution in [1.82, 2.24) is 15.5 Å².